The molecule has 0 spiro atoms. The summed E-state index contributed by atoms with van der Waals surface area (Å²) >= 11 is 0. The lowest BCUT2D eigenvalue weighted by Crippen LogP contribution is -2.42. The van der Waals surface area contributed by atoms with E-state index in [0.29, 0.717) is 0 Å². The standard InChI is InChI=1S/C10H19NO2/c1-2-13-8-10-4-3-5-11(10)7-9(12)6-10/h9,12H,2-8H2,1H3. The lowest BCUT2D eigenvalue weighted by atomic mass is 9.94. The van der Waals surface area contributed by atoms with Crippen molar-refractivity contribution in [1.29, 1.82) is 0 Å². The molecule has 0 aromatic carbocycles. The summed E-state index contributed by atoms with van der Waals surface area (Å²) in [6.07, 6.45) is 3.25. The zero-order valence-electron chi connectivity index (χ0n) is 8.33. The van der Waals surface area contributed by atoms with Crippen LogP contribution >= 0.6 is 0 Å². The van der Waals surface area contributed by atoms with Gasteiger partial charge in [0.05, 0.1) is 12.7 Å². The summed E-state index contributed by atoms with van der Waals surface area (Å²) in [6, 6.07) is 0. The van der Waals surface area contributed by atoms with Crippen molar-refractivity contribution in [1.82, 2.24) is 4.90 Å². The predicted molar refractivity (Wildman–Crippen MR) is 50.7 cm³/mol. The number of β-amino-alcohol motifs (C(OH)–C–C–N with tert-alkyl or cyclic N) is 1. The molecule has 2 aliphatic rings. The lowest BCUT2D eigenvalue weighted by Gasteiger charge is -2.31. The fourth-order valence-corrected chi connectivity index (χ4v) is 2.78. The minimum atomic E-state index is -0.124. The minimum Gasteiger partial charge on any atom is -0.392 e. The second-order valence-corrected chi connectivity index (χ2v) is 4.27. The van der Waals surface area contributed by atoms with Gasteiger partial charge in [-0.2, -0.15) is 0 Å². The van der Waals surface area contributed by atoms with Gasteiger partial charge in [-0.3, -0.25) is 4.90 Å². The number of hydrogen-bond acceptors (Lipinski definition) is 3. The van der Waals surface area contributed by atoms with Crippen LogP contribution in [0.1, 0.15) is 26.2 Å². The van der Waals surface area contributed by atoms with E-state index in [4.69, 9.17) is 4.74 Å². The van der Waals surface area contributed by atoms with Gasteiger partial charge in [-0.1, -0.05) is 0 Å². The summed E-state index contributed by atoms with van der Waals surface area (Å²) in [4.78, 5) is 2.41. The van der Waals surface area contributed by atoms with Gasteiger partial charge in [0.2, 0.25) is 0 Å². The van der Waals surface area contributed by atoms with Crippen molar-refractivity contribution in [3.8, 4) is 0 Å². The summed E-state index contributed by atoms with van der Waals surface area (Å²) in [5.41, 5.74) is 0.190. The van der Waals surface area contributed by atoms with E-state index in [1.165, 1.54) is 12.8 Å². The summed E-state index contributed by atoms with van der Waals surface area (Å²) in [5.74, 6) is 0. The number of ether oxygens (including phenoxy) is 1. The molecule has 0 amide bonds. The van der Waals surface area contributed by atoms with Crippen molar-refractivity contribution in [3.63, 3.8) is 0 Å². The summed E-state index contributed by atoms with van der Waals surface area (Å²) in [6.45, 7) is 5.62. The molecule has 0 radical (unpaired) electrons. The first-order chi connectivity index (χ1) is 6.27. The van der Waals surface area contributed by atoms with Crippen LogP contribution in [0.2, 0.25) is 0 Å². The molecule has 2 unspecified atom stereocenters. The summed E-state index contributed by atoms with van der Waals surface area (Å²) < 4.78 is 5.52. The highest BCUT2D eigenvalue weighted by molar-refractivity contribution is 5.03. The van der Waals surface area contributed by atoms with Crippen molar-refractivity contribution < 1.29 is 9.84 Å². The first-order valence-corrected chi connectivity index (χ1v) is 5.28. The molecular weight excluding hydrogens is 166 g/mol. The van der Waals surface area contributed by atoms with E-state index >= 15 is 0 Å². The van der Waals surface area contributed by atoms with E-state index in [1.807, 2.05) is 6.92 Å². The Kier molecular flexibility index (Phi) is 2.58. The molecule has 13 heavy (non-hydrogen) atoms. The summed E-state index contributed by atoms with van der Waals surface area (Å²) in [7, 11) is 0. The number of aliphatic hydroxyl groups excluding tert-OH is 1. The van der Waals surface area contributed by atoms with Crippen molar-refractivity contribution in [3.05, 3.63) is 0 Å². The topological polar surface area (TPSA) is 32.7 Å². The van der Waals surface area contributed by atoms with E-state index in [-0.39, 0.29) is 11.6 Å². The van der Waals surface area contributed by atoms with E-state index < -0.39 is 0 Å². The smallest absolute Gasteiger partial charge is 0.0685 e. The number of rotatable bonds is 3. The molecule has 0 aromatic heterocycles. The number of aliphatic hydroxyl groups is 1. The molecule has 2 rings (SSSR count). The van der Waals surface area contributed by atoms with Crippen LogP contribution in [-0.2, 0) is 4.74 Å². The molecule has 3 heteroatoms. The Hall–Kier alpha value is -0.120. The van der Waals surface area contributed by atoms with Gasteiger partial charge in [-0.25, -0.2) is 0 Å². The second kappa shape index (κ2) is 3.56. The van der Waals surface area contributed by atoms with Crippen molar-refractivity contribution in [2.24, 2.45) is 0 Å². The average Bonchev–Trinajstić information content (AvgIpc) is 2.57. The second-order valence-electron chi connectivity index (χ2n) is 4.27. The molecule has 3 nitrogen and oxygen atoms in total. The maximum absolute atomic E-state index is 9.60. The number of fused-ring (bicyclic) bond motifs is 1. The van der Waals surface area contributed by atoms with Crippen LogP contribution in [0.5, 0.6) is 0 Å². The molecule has 1 N–H and O–H groups in total. The van der Waals surface area contributed by atoms with Crippen molar-refractivity contribution >= 4 is 0 Å². The summed E-state index contributed by atoms with van der Waals surface area (Å²) in [5, 5.41) is 9.60. The Morgan fingerprint density at radius 2 is 2.46 bits per heavy atom. The van der Waals surface area contributed by atoms with E-state index in [0.717, 1.165) is 32.7 Å². The lowest BCUT2D eigenvalue weighted by molar-refractivity contribution is 0.0408. The molecule has 0 saturated carbocycles. The van der Waals surface area contributed by atoms with E-state index in [2.05, 4.69) is 4.90 Å². The quantitative estimate of drug-likeness (QED) is 0.699. The zero-order valence-corrected chi connectivity index (χ0v) is 8.33. The third kappa shape index (κ3) is 1.60. The normalized spacial score (nSPS) is 39.7. The minimum absolute atomic E-state index is 0.124. The predicted octanol–water partition coefficient (Wildman–Crippen LogP) is 0.622. The maximum atomic E-state index is 9.60. The van der Waals surface area contributed by atoms with Gasteiger partial charge in [0.25, 0.3) is 0 Å². The van der Waals surface area contributed by atoms with Crippen molar-refractivity contribution in [2.45, 2.75) is 37.8 Å². The Morgan fingerprint density at radius 1 is 1.62 bits per heavy atom. The van der Waals surface area contributed by atoms with Crippen LogP contribution in [0.25, 0.3) is 0 Å². The molecule has 0 bridgehead atoms. The van der Waals surface area contributed by atoms with E-state index in [9.17, 15) is 5.11 Å². The molecular formula is C10H19NO2. The monoisotopic (exact) mass is 185 g/mol. The van der Waals surface area contributed by atoms with Crippen LogP contribution in [0.4, 0.5) is 0 Å². The zero-order chi connectivity index (χ0) is 9.31. The van der Waals surface area contributed by atoms with Gasteiger partial charge in [-0.15, -0.1) is 0 Å². The highest BCUT2D eigenvalue weighted by atomic mass is 16.5. The molecule has 2 atom stereocenters. The van der Waals surface area contributed by atoms with Gasteiger partial charge in [0, 0.05) is 18.7 Å². The number of nitrogens with zero attached hydrogens (tertiary/aromatic N) is 1. The molecule has 2 fully saturated rings. The SMILES string of the molecule is CCOCC12CCCN1CC(O)C2. The molecule has 0 aliphatic carbocycles. The number of hydrogen-bond donors (Lipinski definition) is 1. The maximum Gasteiger partial charge on any atom is 0.0685 e. The first kappa shape index (κ1) is 9.44. The molecule has 2 aliphatic heterocycles. The van der Waals surface area contributed by atoms with Crippen LogP contribution < -0.4 is 0 Å². The third-order valence-electron chi connectivity index (χ3n) is 3.36. The third-order valence-corrected chi connectivity index (χ3v) is 3.36. The molecule has 0 aromatic rings. The van der Waals surface area contributed by atoms with Gasteiger partial charge >= 0.3 is 0 Å². The largest absolute Gasteiger partial charge is 0.392 e. The van der Waals surface area contributed by atoms with Crippen LogP contribution in [0.3, 0.4) is 0 Å². The Labute approximate surface area is 79.7 Å². The van der Waals surface area contributed by atoms with Gasteiger partial charge in [0.1, 0.15) is 0 Å². The van der Waals surface area contributed by atoms with Crippen LogP contribution in [0, 0.1) is 0 Å². The Balaban J connectivity index is 2.00. The van der Waals surface area contributed by atoms with Crippen LogP contribution in [-0.4, -0.2) is 48.0 Å². The fourth-order valence-electron chi connectivity index (χ4n) is 2.78. The van der Waals surface area contributed by atoms with Gasteiger partial charge in [0.15, 0.2) is 0 Å². The molecule has 2 heterocycles. The average molecular weight is 185 g/mol. The van der Waals surface area contributed by atoms with E-state index in [1.54, 1.807) is 0 Å². The van der Waals surface area contributed by atoms with Gasteiger partial charge < -0.3 is 9.84 Å². The fraction of sp³-hybridized carbons (Fsp3) is 1.00. The Bertz CT molecular complexity index is 186. The Morgan fingerprint density at radius 3 is 3.23 bits per heavy atom. The highest BCUT2D eigenvalue weighted by Crippen LogP contribution is 2.38. The highest BCUT2D eigenvalue weighted by Gasteiger charge is 2.47. The van der Waals surface area contributed by atoms with Crippen molar-refractivity contribution in [2.75, 3.05) is 26.3 Å². The first-order valence-electron chi connectivity index (χ1n) is 5.28. The molecule has 76 valence electrons. The molecule has 2 saturated heterocycles. The van der Waals surface area contributed by atoms with Crippen LogP contribution in [0.15, 0.2) is 0 Å². The van der Waals surface area contributed by atoms with Gasteiger partial charge in [-0.05, 0) is 32.7 Å².